The fourth-order valence-electron chi connectivity index (χ4n) is 5.39. The van der Waals surface area contributed by atoms with Crippen molar-refractivity contribution in [3.05, 3.63) is 48.0 Å². The Bertz CT molecular complexity index is 1320. The van der Waals surface area contributed by atoms with Gasteiger partial charge in [0.15, 0.2) is 0 Å². The number of sulfonamides is 1. The highest BCUT2D eigenvalue weighted by atomic mass is 32.2. The summed E-state index contributed by atoms with van der Waals surface area (Å²) >= 11 is 0. The molecule has 0 saturated heterocycles. The minimum atomic E-state index is -4.01. The van der Waals surface area contributed by atoms with Gasteiger partial charge in [-0.25, -0.2) is 13.2 Å². The second kappa shape index (κ2) is 9.30. The van der Waals surface area contributed by atoms with Gasteiger partial charge >= 0.3 is 6.09 Å². The molecule has 2 aromatic rings. The molecular formula is C26H30N4O5S. The van der Waals surface area contributed by atoms with E-state index in [0.29, 0.717) is 41.4 Å². The molecule has 36 heavy (non-hydrogen) atoms. The van der Waals surface area contributed by atoms with E-state index in [-0.39, 0.29) is 23.1 Å². The highest BCUT2D eigenvalue weighted by Crippen LogP contribution is 2.56. The quantitative estimate of drug-likeness (QED) is 0.631. The number of nitrogens with zero attached hydrogens (tertiary/aromatic N) is 3. The predicted molar refractivity (Wildman–Crippen MR) is 134 cm³/mol. The Labute approximate surface area is 211 Å². The summed E-state index contributed by atoms with van der Waals surface area (Å²) in [6.45, 7) is 2.72. The number of hydrogen-bond acceptors (Lipinski definition) is 7. The van der Waals surface area contributed by atoms with Crippen LogP contribution in [0.2, 0.25) is 0 Å². The van der Waals surface area contributed by atoms with E-state index in [1.54, 1.807) is 30.3 Å². The lowest BCUT2D eigenvalue weighted by atomic mass is 10.0. The van der Waals surface area contributed by atoms with Crippen molar-refractivity contribution in [3.8, 4) is 11.8 Å². The molecule has 0 spiro atoms. The summed E-state index contributed by atoms with van der Waals surface area (Å²) in [5.41, 5.74) is 0.988. The first-order chi connectivity index (χ1) is 17.2. The van der Waals surface area contributed by atoms with Gasteiger partial charge in [0.05, 0.1) is 28.8 Å². The third-order valence-corrected chi connectivity index (χ3v) is 9.07. The zero-order chi connectivity index (χ0) is 25.6. The third-order valence-electron chi connectivity index (χ3n) is 7.29. The predicted octanol–water partition coefficient (Wildman–Crippen LogP) is 3.67. The van der Waals surface area contributed by atoms with Crippen molar-refractivity contribution in [1.82, 2.24) is 4.90 Å². The normalized spacial score (nSPS) is 26.4. The molecular weight excluding hydrogens is 480 g/mol. The molecule has 190 valence electrons. The number of amides is 1. The molecule has 2 unspecified atom stereocenters. The van der Waals surface area contributed by atoms with Crippen LogP contribution < -0.4 is 14.4 Å². The SMILES string of the molecule is C[C@H]1C(OC(=O)Nc2ccc3c(c2)N(S(=O)(=O)c2cccc(C#N)c2)C[C@H](CN(C)C)O3)C[C@@H]2CC21. The van der Waals surface area contributed by atoms with E-state index in [1.807, 2.05) is 25.1 Å². The minimum absolute atomic E-state index is 0.0181. The van der Waals surface area contributed by atoms with E-state index in [9.17, 15) is 18.5 Å². The number of benzene rings is 2. The molecule has 1 heterocycles. The minimum Gasteiger partial charge on any atom is -0.485 e. The molecule has 2 aliphatic carbocycles. The van der Waals surface area contributed by atoms with Crippen LogP contribution in [0.4, 0.5) is 16.2 Å². The number of fused-ring (bicyclic) bond motifs is 2. The maximum absolute atomic E-state index is 13.7. The number of carbonyl (C=O) groups excluding carboxylic acids is 1. The van der Waals surface area contributed by atoms with Gasteiger partial charge in [-0.15, -0.1) is 0 Å². The topological polar surface area (TPSA) is 112 Å². The van der Waals surface area contributed by atoms with Crippen LogP contribution in [-0.2, 0) is 14.8 Å². The number of ether oxygens (including phenoxy) is 2. The molecule has 3 aliphatic rings. The standard InChI is InChI=1S/C26H30N4O5S/c1-16-22-10-18(22)11-25(16)35-26(31)28-19-7-8-24-23(12-19)30(15-20(34-24)14-29(2)3)36(32,33)21-6-4-5-17(9-21)13-27/h4-9,12,16,18,20,22,25H,10-11,14-15H2,1-3H3,(H,28,31)/t16-,18+,20+,22?,25?/m1/s1. The smallest absolute Gasteiger partial charge is 0.411 e. The van der Waals surface area contributed by atoms with E-state index >= 15 is 0 Å². The van der Waals surface area contributed by atoms with E-state index in [1.165, 1.54) is 22.9 Å². The molecule has 2 fully saturated rings. The molecule has 1 N–H and O–H groups in total. The molecule has 5 rings (SSSR count). The van der Waals surface area contributed by atoms with Crippen LogP contribution in [0, 0.1) is 29.1 Å². The highest BCUT2D eigenvalue weighted by Gasteiger charge is 2.52. The summed E-state index contributed by atoms with van der Waals surface area (Å²) in [7, 11) is -0.229. The number of carbonyl (C=O) groups is 1. The van der Waals surface area contributed by atoms with E-state index in [4.69, 9.17) is 9.47 Å². The maximum Gasteiger partial charge on any atom is 0.411 e. The van der Waals surface area contributed by atoms with Gasteiger partial charge in [-0.2, -0.15) is 5.26 Å². The van der Waals surface area contributed by atoms with Gasteiger partial charge in [-0.3, -0.25) is 9.62 Å². The van der Waals surface area contributed by atoms with Gasteiger partial charge in [-0.1, -0.05) is 13.0 Å². The summed E-state index contributed by atoms with van der Waals surface area (Å²) in [6, 6.07) is 12.9. The number of nitriles is 1. The fourth-order valence-corrected chi connectivity index (χ4v) is 6.93. The first kappa shape index (κ1) is 24.4. The van der Waals surface area contributed by atoms with E-state index in [0.717, 1.165) is 6.42 Å². The molecule has 2 saturated carbocycles. The van der Waals surface area contributed by atoms with Crippen molar-refractivity contribution in [2.45, 2.75) is 36.9 Å². The number of hydrogen-bond donors (Lipinski definition) is 1. The molecule has 0 radical (unpaired) electrons. The van der Waals surface area contributed by atoms with Crippen LogP contribution in [0.5, 0.6) is 5.75 Å². The second-order valence-corrected chi connectivity index (χ2v) is 12.0. The summed E-state index contributed by atoms with van der Waals surface area (Å²) < 4.78 is 40.5. The Morgan fingerprint density at radius 2 is 2.06 bits per heavy atom. The maximum atomic E-state index is 13.7. The van der Waals surface area contributed by atoms with Gasteiger partial charge < -0.3 is 14.4 Å². The van der Waals surface area contributed by atoms with E-state index in [2.05, 4.69) is 12.2 Å². The number of nitrogens with one attached hydrogen (secondary N) is 1. The van der Waals surface area contributed by atoms with Gasteiger partial charge in [-0.05, 0) is 81.1 Å². The molecule has 2 aromatic carbocycles. The number of likely N-dealkylation sites (N-methyl/N-ethyl adjacent to an activating group) is 1. The average molecular weight is 511 g/mol. The zero-order valence-electron chi connectivity index (χ0n) is 20.5. The van der Waals surface area contributed by atoms with Crippen molar-refractivity contribution in [2.24, 2.45) is 17.8 Å². The third kappa shape index (κ3) is 4.73. The van der Waals surface area contributed by atoms with Crippen molar-refractivity contribution in [2.75, 3.05) is 36.8 Å². The Kier molecular flexibility index (Phi) is 6.30. The largest absolute Gasteiger partial charge is 0.485 e. The lowest BCUT2D eigenvalue weighted by Gasteiger charge is -2.36. The zero-order valence-corrected chi connectivity index (χ0v) is 21.4. The lowest BCUT2D eigenvalue weighted by molar-refractivity contribution is 0.0810. The fraction of sp³-hybridized carbons (Fsp3) is 0.462. The summed E-state index contributed by atoms with van der Waals surface area (Å²) in [5, 5.41) is 12.0. The summed E-state index contributed by atoms with van der Waals surface area (Å²) in [4.78, 5) is 14.6. The molecule has 0 aromatic heterocycles. The van der Waals surface area contributed by atoms with Crippen LogP contribution in [0.3, 0.4) is 0 Å². The van der Waals surface area contributed by atoms with Crippen molar-refractivity contribution < 1.29 is 22.7 Å². The Hall–Kier alpha value is -3.29. The first-order valence-electron chi connectivity index (χ1n) is 12.1. The van der Waals surface area contributed by atoms with Gasteiger partial charge in [0.25, 0.3) is 10.0 Å². The summed E-state index contributed by atoms with van der Waals surface area (Å²) in [6.07, 6.45) is 1.08. The summed E-state index contributed by atoms with van der Waals surface area (Å²) in [5.74, 6) is 2.09. The monoisotopic (exact) mass is 510 g/mol. The Morgan fingerprint density at radius 3 is 2.75 bits per heavy atom. The lowest BCUT2D eigenvalue weighted by Crippen LogP contribution is -2.47. The highest BCUT2D eigenvalue weighted by molar-refractivity contribution is 7.92. The van der Waals surface area contributed by atoms with Gasteiger partial charge in [0, 0.05) is 12.2 Å². The van der Waals surface area contributed by atoms with E-state index < -0.39 is 22.2 Å². The van der Waals surface area contributed by atoms with Crippen LogP contribution in [-0.4, -0.2) is 58.8 Å². The van der Waals surface area contributed by atoms with Crippen molar-refractivity contribution in [3.63, 3.8) is 0 Å². The molecule has 9 nitrogen and oxygen atoms in total. The van der Waals surface area contributed by atoms with Gasteiger partial charge in [0.1, 0.15) is 18.0 Å². The van der Waals surface area contributed by atoms with Crippen LogP contribution in [0.1, 0.15) is 25.3 Å². The first-order valence-corrected chi connectivity index (χ1v) is 13.6. The second-order valence-electron chi connectivity index (χ2n) is 10.2. The molecule has 10 heteroatoms. The van der Waals surface area contributed by atoms with Crippen molar-refractivity contribution in [1.29, 1.82) is 5.26 Å². The van der Waals surface area contributed by atoms with Crippen LogP contribution >= 0.6 is 0 Å². The Morgan fingerprint density at radius 1 is 1.25 bits per heavy atom. The Balaban J connectivity index is 1.42. The molecule has 1 amide bonds. The number of anilines is 2. The molecule has 5 atom stereocenters. The number of rotatable bonds is 6. The molecule has 1 aliphatic heterocycles. The molecule has 0 bridgehead atoms. The van der Waals surface area contributed by atoms with Crippen LogP contribution in [0.25, 0.3) is 0 Å². The van der Waals surface area contributed by atoms with Gasteiger partial charge in [0.2, 0.25) is 0 Å². The van der Waals surface area contributed by atoms with Crippen molar-refractivity contribution >= 4 is 27.5 Å². The average Bonchev–Trinajstić information content (AvgIpc) is 3.55. The van der Waals surface area contributed by atoms with Crippen LogP contribution in [0.15, 0.2) is 47.4 Å².